The molecular weight excluding hydrogens is 402 g/mol. The molecule has 0 unspecified atom stereocenters. The van der Waals surface area contributed by atoms with Crippen molar-refractivity contribution in [3.8, 4) is 0 Å². The van der Waals surface area contributed by atoms with Crippen LogP contribution in [-0.2, 0) is 22.6 Å². The third kappa shape index (κ3) is 4.53. The predicted molar refractivity (Wildman–Crippen MR) is 124 cm³/mol. The van der Waals surface area contributed by atoms with Gasteiger partial charge in [0.25, 0.3) is 0 Å². The summed E-state index contributed by atoms with van der Waals surface area (Å²) in [5, 5.41) is 0. The maximum absolute atomic E-state index is 13.1. The number of fused-ring (bicyclic) bond motifs is 1. The molecular formula is C25H33N5O2. The Kier molecular flexibility index (Phi) is 6.84. The second-order valence-electron chi connectivity index (χ2n) is 8.64. The third-order valence-corrected chi connectivity index (χ3v) is 6.66. The highest BCUT2D eigenvalue weighted by Gasteiger charge is 2.35. The number of nitrogens with zero attached hydrogens (tertiary/aromatic N) is 5. The summed E-state index contributed by atoms with van der Waals surface area (Å²) in [6, 6.07) is 9.88. The highest BCUT2D eigenvalue weighted by atomic mass is 16.2. The van der Waals surface area contributed by atoms with Crippen molar-refractivity contribution < 1.29 is 9.59 Å². The van der Waals surface area contributed by atoms with Crippen molar-refractivity contribution in [1.29, 1.82) is 0 Å². The fraction of sp³-hybridized carbons (Fsp3) is 0.520. The molecule has 4 rings (SSSR count). The Labute approximate surface area is 190 Å². The number of rotatable bonds is 7. The van der Waals surface area contributed by atoms with Gasteiger partial charge in [0, 0.05) is 24.2 Å². The minimum absolute atomic E-state index is 0.0892. The normalized spacial score (nSPS) is 18.4. The lowest BCUT2D eigenvalue weighted by atomic mass is 10.0. The molecule has 7 nitrogen and oxygen atoms in total. The van der Waals surface area contributed by atoms with E-state index in [9.17, 15) is 9.59 Å². The molecule has 0 aliphatic carbocycles. The molecule has 1 atom stereocenters. The molecule has 7 heteroatoms. The van der Waals surface area contributed by atoms with E-state index in [1.807, 2.05) is 42.2 Å². The minimum atomic E-state index is -0.127. The summed E-state index contributed by atoms with van der Waals surface area (Å²) in [5.41, 5.74) is 3.03. The Hall–Kier alpha value is -2.80. The Bertz CT molecular complexity index is 974. The van der Waals surface area contributed by atoms with Crippen molar-refractivity contribution in [3.05, 3.63) is 53.0 Å². The van der Waals surface area contributed by atoms with Crippen LogP contribution < -0.4 is 4.90 Å². The second kappa shape index (κ2) is 9.77. The van der Waals surface area contributed by atoms with E-state index in [-0.39, 0.29) is 17.9 Å². The molecule has 0 radical (unpaired) electrons. The van der Waals surface area contributed by atoms with Gasteiger partial charge in [-0.2, -0.15) is 0 Å². The number of hydrogen-bond donors (Lipinski definition) is 0. The van der Waals surface area contributed by atoms with Crippen LogP contribution in [0.1, 0.15) is 61.8 Å². The van der Waals surface area contributed by atoms with Gasteiger partial charge in [0.1, 0.15) is 5.82 Å². The molecule has 32 heavy (non-hydrogen) atoms. The number of amides is 2. The van der Waals surface area contributed by atoms with Gasteiger partial charge in [0.15, 0.2) is 5.82 Å². The zero-order valence-electron chi connectivity index (χ0n) is 19.4. The molecule has 2 aliphatic rings. The quantitative estimate of drug-likeness (QED) is 0.668. The van der Waals surface area contributed by atoms with E-state index < -0.39 is 0 Å². The van der Waals surface area contributed by atoms with Crippen LogP contribution in [0.15, 0.2) is 30.3 Å². The van der Waals surface area contributed by atoms with E-state index in [4.69, 9.17) is 9.97 Å². The molecule has 170 valence electrons. The first-order chi connectivity index (χ1) is 15.5. The van der Waals surface area contributed by atoms with E-state index >= 15 is 0 Å². The topological polar surface area (TPSA) is 69.6 Å². The van der Waals surface area contributed by atoms with Crippen molar-refractivity contribution in [2.24, 2.45) is 0 Å². The van der Waals surface area contributed by atoms with E-state index in [1.54, 1.807) is 4.90 Å². The van der Waals surface area contributed by atoms with Crippen LogP contribution in [0, 0.1) is 6.92 Å². The number of hydrogen-bond acceptors (Lipinski definition) is 5. The zero-order chi connectivity index (χ0) is 22.7. The smallest absolute Gasteiger partial charge is 0.237 e. The molecule has 0 N–H and O–H groups in total. The summed E-state index contributed by atoms with van der Waals surface area (Å²) in [6.07, 6.45) is 2.94. The average Bonchev–Trinajstić information content (AvgIpc) is 3.30. The molecule has 1 aromatic carbocycles. The summed E-state index contributed by atoms with van der Waals surface area (Å²) in [6.45, 7) is 9.51. The lowest BCUT2D eigenvalue weighted by molar-refractivity contribution is -0.133. The summed E-state index contributed by atoms with van der Waals surface area (Å²) >= 11 is 0. The zero-order valence-corrected chi connectivity index (χ0v) is 19.4. The first-order valence-electron chi connectivity index (χ1n) is 11.7. The van der Waals surface area contributed by atoms with Gasteiger partial charge in [0.05, 0.1) is 19.1 Å². The molecule has 1 saturated heterocycles. The lowest BCUT2D eigenvalue weighted by Crippen LogP contribution is -2.41. The monoisotopic (exact) mass is 435 g/mol. The summed E-state index contributed by atoms with van der Waals surface area (Å²) in [5.74, 6) is 1.61. The van der Waals surface area contributed by atoms with Crippen molar-refractivity contribution in [3.63, 3.8) is 0 Å². The van der Waals surface area contributed by atoms with Crippen molar-refractivity contribution in [1.82, 2.24) is 19.8 Å². The van der Waals surface area contributed by atoms with Gasteiger partial charge in [-0.3, -0.25) is 19.4 Å². The van der Waals surface area contributed by atoms with Crippen molar-refractivity contribution in [2.75, 3.05) is 31.1 Å². The van der Waals surface area contributed by atoms with Gasteiger partial charge in [-0.25, -0.2) is 9.97 Å². The summed E-state index contributed by atoms with van der Waals surface area (Å²) in [4.78, 5) is 41.5. The number of carbonyl (C=O) groups excluding carboxylic acids is 2. The second-order valence-corrected chi connectivity index (χ2v) is 8.64. The third-order valence-electron chi connectivity index (χ3n) is 6.66. The van der Waals surface area contributed by atoms with E-state index in [0.717, 1.165) is 55.1 Å². The molecule has 2 amide bonds. The van der Waals surface area contributed by atoms with E-state index in [2.05, 4.69) is 18.7 Å². The number of aryl methyl sites for hydroxylation is 1. The fourth-order valence-corrected chi connectivity index (χ4v) is 4.74. The molecule has 0 spiro atoms. The van der Waals surface area contributed by atoms with E-state index in [1.165, 1.54) is 0 Å². The Balaban J connectivity index is 1.64. The number of benzene rings is 1. The highest BCUT2D eigenvalue weighted by Crippen LogP contribution is 2.35. The Morgan fingerprint density at radius 3 is 2.59 bits per heavy atom. The van der Waals surface area contributed by atoms with Crippen LogP contribution in [0.4, 0.5) is 5.82 Å². The number of likely N-dealkylation sites (tertiary alicyclic amines) is 1. The lowest BCUT2D eigenvalue weighted by Gasteiger charge is -2.31. The van der Waals surface area contributed by atoms with Crippen LogP contribution in [0.3, 0.4) is 0 Å². The van der Waals surface area contributed by atoms with Crippen LogP contribution >= 0.6 is 0 Å². The maximum atomic E-state index is 13.1. The number of anilines is 1. The van der Waals surface area contributed by atoms with Gasteiger partial charge < -0.3 is 4.90 Å². The van der Waals surface area contributed by atoms with Crippen LogP contribution in [0.2, 0.25) is 0 Å². The first-order valence-corrected chi connectivity index (χ1v) is 11.7. The first kappa shape index (κ1) is 22.4. The van der Waals surface area contributed by atoms with Gasteiger partial charge in [-0.05, 0) is 44.8 Å². The van der Waals surface area contributed by atoms with E-state index in [0.29, 0.717) is 31.8 Å². The van der Waals surface area contributed by atoms with Gasteiger partial charge in [-0.1, -0.05) is 44.2 Å². The highest BCUT2D eigenvalue weighted by molar-refractivity contribution is 5.95. The fourth-order valence-electron chi connectivity index (χ4n) is 4.74. The minimum Gasteiger partial charge on any atom is -0.331 e. The van der Waals surface area contributed by atoms with Gasteiger partial charge in [-0.15, -0.1) is 0 Å². The Morgan fingerprint density at radius 2 is 1.88 bits per heavy atom. The average molecular weight is 436 g/mol. The molecule has 2 aliphatic heterocycles. The van der Waals surface area contributed by atoms with Gasteiger partial charge in [0.2, 0.25) is 11.8 Å². The standard InChI is InChI=1S/C25H33N5O2/c1-4-28(5-2)17-23(32)29-15-9-12-21(29)24-26-18(3)20-13-14-22(31)30(25(20)27-24)16-19-10-7-6-8-11-19/h6-8,10-11,21H,4-5,9,12-17H2,1-3H3/t21-/m0/s1. The molecule has 1 aromatic heterocycles. The van der Waals surface area contributed by atoms with Crippen LogP contribution in [0.5, 0.6) is 0 Å². The largest absolute Gasteiger partial charge is 0.331 e. The molecule has 0 bridgehead atoms. The number of aromatic nitrogens is 2. The summed E-state index contributed by atoms with van der Waals surface area (Å²) < 4.78 is 0. The van der Waals surface area contributed by atoms with Gasteiger partial charge >= 0.3 is 0 Å². The number of carbonyl (C=O) groups is 2. The molecule has 2 aromatic rings. The maximum Gasteiger partial charge on any atom is 0.237 e. The summed E-state index contributed by atoms with van der Waals surface area (Å²) in [7, 11) is 0. The number of likely N-dealkylation sites (N-methyl/N-ethyl adjacent to an activating group) is 1. The molecule has 1 fully saturated rings. The van der Waals surface area contributed by atoms with Crippen molar-refractivity contribution in [2.45, 2.75) is 59.0 Å². The molecule has 3 heterocycles. The molecule has 0 saturated carbocycles. The van der Waals surface area contributed by atoms with Crippen LogP contribution in [-0.4, -0.2) is 57.8 Å². The van der Waals surface area contributed by atoms with Crippen LogP contribution in [0.25, 0.3) is 0 Å². The predicted octanol–water partition coefficient (Wildman–Crippen LogP) is 3.27. The van der Waals surface area contributed by atoms with Crippen molar-refractivity contribution >= 4 is 17.6 Å². The Morgan fingerprint density at radius 1 is 1.12 bits per heavy atom. The SMILES string of the molecule is CCN(CC)CC(=O)N1CCC[C@H]1c1nc(C)c2c(n1)N(Cc1ccccc1)C(=O)CC2.